The van der Waals surface area contributed by atoms with Crippen LogP contribution in [0.25, 0.3) is 0 Å². The van der Waals surface area contributed by atoms with Gasteiger partial charge in [0, 0.05) is 17.8 Å². The Morgan fingerprint density at radius 2 is 1.82 bits per heavy atom. The Kier molecular flexibility index (Phi) is 7.09. The lowest BCUT2D eigenvalue weighted by Gasteiger charge is -2.34. The van der Waals surface area contributed by atoms with Crippen LogP contribution in [0.3, 0.4) is 0 Å². The van der Waals surface area contributed by atoms with E-state index in [0.29, 0.717) is 17.7 Å². The molecule has 3 atom stereocenters. The minimum Gasteiger partial charge on any atom is -0.496 e. The molecule has 1 aliphatic heterocycles. The van der Waals surface area contributed by atoms with Gasteiger partial charge in [0.05, 0.1) is 19.2 Å². The standard InChI is InChI=1S/C25H27F2N3O4/c1-34-22-9-5-3-7-17(22)25(33)30-20-8-4-2-6-15(20)12-21(30)24(32)28-14-23(31)29-16-10-11-18(26)19(27)13-16/h3,5,7,9-11,13,15,20-21H,2,4,6,8,12,14H2,1H3,(H,28,32)(H,29,31). The van der Waals surface area contributed by atoms with Crippen LogP contribution in [-0.4, -0.2) is 48.4 Å². The summed E-state index contributed by atoms with van der Waals surface area (Å²) in [5.41, 5.74) is 0.475. The lowest BCUT2D eigenvalue weighted by molar-refractivity contribution is -0.127. The Labute approximate surface area is 196 Å². The summed E-state index contributed by atoms with van der Waals surface area (Å²) in [6, 6.07) is 9.17. The van der Waals surface area contributed by atoms with Crippen molar-refractivity contribution in [1.29, 1.82) is 0 Å². The van der Waals surface area contributed by atoms with E-state index in [4.69, 9.17) is 4.74 Å². The van der Waals surface area contributed by atoms with Crippen LogP contribution in [-0.2, 0) is 9.59 Å². The zero-order valence-corrected chi connectivity index (χ0v) is 18.9. The van der Waals surface area contributed by atoms with Crippen LogP contribution in [0.4, 0.5) is 14.5 Å². The summed E-state index contributed by atoms with van der Waals surface area (Å²) in [6.45, 7) is -0.361. The van der Waals surface area contributed by atoms with E-state index in [9.17, 15) is 23.2 Å². The topological polar surface area (TPSA) is 87.7 Å². The van der Waals surface area contributed by atoms with Crippen LogP contribution < -0.4 is 15.4 Å². The third-order valence-corrected chi connectivity index (χ3v) is 6.59. The Balaban J connectivity index is 1.46. The molecular weight excluding hydrogens is 444 g/mol. The number of hydrogen-bond donors (Lipinski definition) is 2. The van der Waals surface area contributed by atoms with E-state index in [1.54, 1.807) is 29.2 Å². The Hall–Kier alpha value is -3.49. The molecule has 0 radical (unpaired) electrons. The van der Waals surface area contributed by atoms with Crippen molar-refractivity contribution in [3.63, 3.8) is 0 Å². The number of hydrogen-bond acceptors (Lipinski definition) is 4. The number of likely N-dealkylation sites (tertiary alicyclic amines) is 1. The number of ether oxygens (including phenoxy) is 1. The summed E-state index contributed by atoms with van der Waals surface area (Å²) in [5, 5.41) is 5.02. The number of carbonyl (C=O) groups excluding carboxylic acids is 3. The number of nitrogens with zero attached hydrogens (tertiary/aromatic N) is 1. The number of fused-ring (bicyclic) bond motifs is 1. The number of methoxy groups -OCH3 is 1. The molecule has 1 saturated carbocycles. The average molecular weight is 472 g/mol. The van der Waals surface area contributed by atoms with Gasteiger partial charge in [-0.15, -0.1) is 0 Å². The predicted octanol–water partition coefficient (Wildman–Crippen LogP) is 3.50. The van der Waals surface area contributed by atoms with Crippen LogP contribution in [0, 0.1) is 17.6 Å². The Morgan fingerprint density at radius 1 is 1.06 bits per heavy atom. The fraction of sp³-hybridized carbons (Fsp3) is 0.400. The van der Waals surface area contributed by atoms with Crippen molar-refractivity contribution < 1.29 is 27.9 Å². The molecule has 9 heteroatoms. The Bertz CT molecular complexity index is 1090. The molecule has 2 aromatic carbocycles. The summed E-state index contributed by atoms with van der Waals surface area (Å²) < 4.78 is 31.8. The fourth-order valence-corrected chi connectivity index (χ4v) is 5.01. The van der Waals surface area contributed by atoms with Crippen molar-refractivity contribution in [3.05, 3.63) is 59.7 Å². The average Bonchev–Trinajstić information content (AvgIpc) is 3.24. The SMILES string of the molecule is COc1ccccc1C(=O)N1C(C(=O)NCC(=O)Nc2ccc(F)c(F)c2)CC2CCCCC21. The zero-order valence-electron chi connectivity index (χ0n) is 18.9. The van der Waals surface area contributed by atoms with Crippen molar-refractivity contribution in [3.8, 4) is 5.75 Å². The first kappa shape index (κ1) is 23.7. The number of amides is 3. The molecule has 2 aliphatic rings. The van der Waals surface area contributed by atoms with Gasteiger partial charge in [-0.3, -0.25) is 14.4 Å². The molecule has 4 rings (SSSR count). The zero-order chi connectivity index (χ0) is 24.2. The molecule has 3 amide bonds. The van der Waals surface area contributed by atoms with Gasteiger partial charge in [0.15, 0.2) is 11.6 Å². The van der Waals surface area contributed by atoms with Crippen molar-refractivity contribution in [2.75, 3.05) is 19.0 Å². The summed E-state index contributed by atoms with van der Waals surface area (Å²) in [4.78, 5) is 40.6. The fourth-order valence-electron chi connectivity index (χ4n) is 5.01. The molecule has 34 heavy (non-hydrogen) atoms. The van der Waals surface area contributed by atoms with Gasteiger partial charge >= 0.3 is 0 Å². The quantitative estimate of drug-likeness (QED) is 0.675. The van der Waals surface area contributed by atoms with Crippen molar-refractivity contribution in [1.82, 2.24) is 10.2 Å². The van der Waals surface area contributed by atoms with Crippen LogP contribution in [0.15, 0.2) is 42.5 Å². The maximum atomic E-state index is 13.6. The second kappa shape index (κ2) is 10.2. The van der Waals surface area contributed by atoms with Crippen molar-refractivity contribution >= 4 is 23.4 Å². The number of carbonyl (C=O) groups is 3. The van der Waals surface area contributed by atoms with Crippen molar-refractivity contribution in [2.45, 2.75) is 44.2 Å². The van der Waals surface area contributed by atoms with Gasteiger partial charge in [-0.05, 0) is 49.4 Å². The highest BCUT2D eigenvalue weighted by Gasteiger charge is 2.47. The van der Waals surface area contributed by atoms with Crippen LogP contribution >= 0.6 is 0 Å². The number of para-hydroxylation sites is 1. The monoisotopic (exact) mass is 471 g/mol. The molecule has 3 unspecified atom stereocenters. The molecule has 0 spiro atoms. The van der Waals surface area contributed by atoms with E-state index < -0.39 is 29.5 Å². The number of anilines is 1. The molecule has 2 fully saturated rings. The second-order valence-corrected chi connectivity index (χ2v) is 8.67. The maximum Gasteiger partial charge on any atom is 0.258 e. The van der Waals surface area contributed by atoms with E-state index >= 15 is 0 Å². The number of halogens is 2. The van der Waals surface area contributed by atoms with Crippen LogP contribution in [0.1, 0.15) is 42.5 Å². The first-order valence-electron chi connectivity index (χ1n) is 11.4. The minimum atomic E-state index is -1.08. The number of rotatable bonds is 6. The van der Waals surface area contributed by atoms with E-state index in [1.165, 1.54) is 13.2 Å². The molecule has 1 heterocycles. The largest absolute Gasteiger partial charge is 0.496 e. The molecule has 180 valence electrons. The third-order valence-electron chi connectivity index (χ3n) is 6.59. The van der Waals surface area contributed by atoms with Gasteiger partial charge in [0.1, 0.15) is 11.8 Å². The summed E-state index contributed by atoms with van der Waals surface area (Å²) >= 11 is 0. The lowest BCUT2D eigenvalue weighted by Crippen LogP contribution is -2.50. The molecule has 2 aromatic rings. The summed E-state index contributed by atoms with van der Waals surface area (Å²) in [7, 11) is 1.50. The van der Waals surface area contributed by atoms with E-state index in [0.717, 1.165) is 37.8 Å². The van der Waals surface area contributed by atoms with E-state index in [-0.39, 0.29) is 30.1 Å². The van der Waals surface area contributed by atoms with Gasteiger partial charge in [-0.1, -0.05) is 25.0 Å². The molecule has 2 N–H and O–H groups in total. The first-order valence-corrected chi connectivity index (χ1v) is 11.4. The van der Waals surface area contributed by atoms with Gasteiger partial charge in [0.25, 0.3) is 5.91 Å². The van der Waals surface area contributed by atoms with Gasteiger partial charge in [-0.25, -0.2) is 8.78 Å². The van der Waals surface area contributed by atoms with Crippen LogP contribution in [0.5, 0.6) is 5.75 Å². The first-order chi connectivity index (χ1) is 16.4. The van der Waals surface area contributed by atoms with Gasteiger partial charge in [0.2, 0.25) is 11.8 Å². The molecule has 1 aliphatic carbocycles. The third kappa shape index (κ3) is 4.88. The van der Waals surface area contributed by atoms with Gasteiger partial charge in [-0.2, -0.15) is 0 Å². The molecular formula is C25H27F2N3O4. The molecule has 1 saturated heterocycles. The molecule has 0 bridgehead atoms. The van der Waals surface area contributed by atoms with Crippen molar-refractivity contribution in [2.24, 2.45) is 5.92 Å². The second-order valence-electron chi connectivity index (χ2n) is 8.67. The maximum absolute atomic E-state index is 13.6. The number of benzene rings is 2. The molecule has 7 nitrogen and oxygen atoms in total. The lowest BCUT2D eigenvalue weighted by atomic mass is 9.84. The highest BCUT2D eigenvalue weighted by atomic mass is 19.2. The number of nitrogens with one attached hydrogen (secondary N) is 2. The van der Waals surface area contributed by atoms with Crippen LogP contribution in [0.2, 0.25) is 0 Å². The normalized spacial score (nSPS) is 21.5. The smallest absolute Gasteiger partial charge is 0.258 e. The molecule has 0 aromatic heterocycles. The summed E-state index contributed by atoms with van der Waals surface area (Å²) in [6.07, 6.45) is 4.35. The van der Waals surface area contributed by atoms with Gasteiger partial charge < -0.3 is 20.3 Å². The summed E-state index contributed by atoms with van der Waals surface area (Å²) in [5.74, 6) is -2.71. The van der Waals surface area contributed by atoms with E-state index in [1.807, 2.05) is 0 Å². The predicted molar refractivity (Wildman–Crippen MR) is 121 cm³/mol. The highest BCUT2D eigenvalue weighted by Crippen LogP contribution is 2.41. The minimum absolute atomic E-state index is 0.0436. The highest BCUT2D eigenvalue weighted by molar-refractivity contribution is 6.01. The van der Waals surface area contributed by atoms with E-state index in [2.05, 4.69) is 10.6 Å². The Morgan fingerprint density at radius 3 is 2.59 bits per heavy atom.